The van der Waals surface area contributed by atoms with Crippen LogP contribution in [0.2, 0.25) is 0 Å². The van der Waals surface area contributed by atoms with Gasteiger partial charge in [0.2, 0.25) is 0 Å². The summed E-state index contributed by atoms with van der Waals surface area (Å²) in [6.07, 6.45) is 0.474. The van der Waals surface area contributed by atoms with E-state index in [4.69, 9.17) is 4.74 Å². The van der Waals surface area contributed by atoms with Gasteiger partial charge in [-0.25, -0.2) is 0 Å². The van der Waals surface area contributed by atoms with Crippen molar-refractivity contribution in [3.8, 4) is 5.75 Å². The van der Waals surface area contributed by atoms with Crippen LogP contribution in [0, 0.1) is 13.8 Å². The number of hydrogen-bond donors (Lipinski definition) is 1. The zero-order chi connectivity index (χ0) is 15.4. The van der Waals surface area contributed by atoms with Crippen molar-refractivity contribution in [1.82, 2.24) is 0 Å². The number of methoxy groups -OCH3 is 1. The number of carbonyl (C=O) groups is 1. The Morgan fingerprint density at radius 2 is 1.76 bits per heavy atom. The second-order valence-corrected chi connectivity index (χ2v) is 5.29. The van der Waals surface area contributed by atoms with Gasteiger partial charge in [-0.1, -0.05) is 30.3 Å². The third-order valence-electron chi connectivity index (χ3n) is 3.83. The monoisotopic (exact) mass is 284 g/mol. The molecule has 3 nitrogen and oxygen atoms in total. The van der Waals surface area contributed by atoms with Gasteiger partial charge >= 0.3 is 5.97 Å². The van der Waals surface area contributed by atoms with Crippen LogP contribution in [0.5, 0.6) is 5.75 Å². The number of carboxylic acid groups (broad SMARTS) is 1. The van der Waals surface area contributed by atoms with Crippen molar-refractivity contribution in [3.05, 3.63) is 64.7 Å². The molecule has 3 heteroatoms. The van der Waals surface area contributed by atoms with Gasteiger partial charge < -0.3 is 9.84 Å². The van der Waals surface area contributed by atoms with E-state index in [9.17, 15) is 9.90 Å². The Morgan fingerprint density at radius 3 is 2.29 bits per heavy atom. The van der Waals surface area contributed by atoms with E-state index in [1.165, 1.54) is 5.56 Å². The first-order chi connectivity index (χ1) is 10.0. The van der Waals surface area contributed by atoms with Gasteiger partial charge in [0.05, 0.1) is 13.0 Å². The second kappa shape index (κ2) is 6.44. The first-order valence-electron chi connectivity index (χ1n) is 6.94. The summed E-state index contributed by atoms with van der Waals surface area (Å²) in [6, 6.07) is 13.4. The molecule has 0 spiro atoms. The lowest BCUT2D eigenvalue weighted by Gasteiger charge is -2.15. The van der Waals surface area contributed by atoms with Gasteiger partial charge in [0, 0.05) is 0 Å². The number of rotatable bonds is 5. The van der Waals surface area contributed by atoms with Gasteiger partial charge in [0.1, 0.15) is 5.75 Å². The van der Waals surface area contributed by atoms with Gasteiger partial charge in [-0.2, -0.15) is 0 Å². The summed E-state index contributed by atoms with van der Waals surface area (Å²) in [5.41, 5.74) is 4.13. The summed E-state index contributed by atoms with van der Waals surface area (Å²) in [5.74, 6) is -0.552. The Balaban J connectivity index is 2.26. The highest BCUT2D eigenvalue weighted by Crippen LogP contribution is 2.24. The van der Waals surface area contributed by atoms with Crippen molar-refractivity contribution in [3.63, 3.8) is 0 Å². The van der Waals surface area contributed by atoms with Crippen molar-refractivity contribution >= 4 is 5.97 Å². The van der Waals surface area contributed by atoms with E-state index in [1.807, 2.05) is 56.3 Å². The smallest absolute Gasteiger partial charge is 0.311 e. The lowest BCUT2D eigenvalue weighted by Crippen LogP contribution is -2.14. The van der Waals surface area contributed by atoms with Crippen LogP contribution in [0.4, 0.5) is 0 Å². The summed E-state index contributed by atoms with van der Waals surface area (Å²) in [7, 11) is 1.62. The predicted molar refractivity (Wildman–Crippen MR) is 83.0 cm³/mol. The van der Waals surface area contributed by atoms with Crippen LogP contribution in [0.3, 0.4) is 0 Å². The molecule has 0 aliphatic rings. The molecular weight excluding hydrogens is 264 g/mol. The highest BCUT2D eigenvalue weighted by Gasteiger charge is 2.20. The zero-order valence-corrected chi connectivity index (χ0v) is 12.6. The standard InChI is InChI=1S/C18H20O3/c1-12-4-7-15(10-13(12)2)17(18(19)20)11-14-5-8-16(21-3)9-6-14/h4-10,17H,11H2,1-3H3,(H,19,20). The average molecular weight is 284 g/mol. The third-order valence-corrected chi connectivity index (χ3v) is 3.83. The van der Waals surface area contributed by atoms with Crippen LogP contribution < -0.4 is 4.74 Å². The van der Waals surface area contributed by atoms with E-state index >= 15 is 0 Å². The molecule has 0 aliphatic carbocycles. The largest absolute Gasteiger partial charge is 0.497 e. The van der Waals surface area contributed by atoms with Crippen LogP contribution in [0.15, 0.2) is 42.5 Å². The molecule has 0 aliphatic heterocycles. The van der Waals surface area contributed by atoms with E-state index in [0.717, 1.165) is 22.4 Å². The first kappa shape index (κ1) is 15.1. The average Bonchev–Trinajstić information content (AvgIpc) is 2.48. The van der Waals surface area contributed by atoms with Crippen LogP contribution in [0.1, 0.15) is 28.2 Å². The Bertz CT molecular complexity index is 629. The molecule has 0 radical (unpaired) electrons. The van der Waals surface area contributed by atoms with Gasteiger partial charge in [-0.05, 0) is 54.7 Å². The van der Waals surface area contributed by atoms with E-state index in [1.54, 1.807) is 7.11 Å². The maximum atomic E-state index is 11.6. The molecule has 110 valence electrons. The third kappa shape index (κ3) is 3.63. The van der Waals surface area contributed by atoms with Crippen molar-refractivity contribution in [2.24, 2.45) is 0 Å². The molecule has 0 heterocycles. The van der Waals surface area contributed by atoms with Crippen LogP contribution in [-0.4, -0.2) is 18.2 Å². The Labute approximate surface area is 125 Å². The normalized spacial score (nSPS) is 12.0. The number of ether oxygens (including phenoxy) is 1. The zero-order valence-electron chi connectivity index (χ0n) is 12.6. The molecule has 0 aromatic heterocycles. The lowest BCUT2D eigenvalue weighted by molar-refractivity contribution is -0.138. The van der Waals surface area contributed by atoms with Gasteiger partial charge in [-0.3, -0.25) is 4.79 Å². The van der Waals surface area contributed by atoms with Crippen LogP contribution >= 0.6 is 0 Å². The Hall–Kier alpha value is -2.29. The summed E-state index contributed by atoms with van der Waals surface area (Å²) < 4.78 is 5.12. The van der Waals surface area contributed by atoms with Crippen molar-refractivity contribution < 1.29 is 14.6 Å². The highest BCUT2D eigenvalue weighted by molar-refractivity contribution is 5.76. The van der Waals surface area contributed by atoms with Crippen molar-refractivity contribution in [2.75, 3.05) is 7.11 Å². The number of carboxylic acids is 1. The molecule has 0 saturated carbocycles. The van der Waals surface area contributed by atoms with Gasteiger partial charge in [-0.15, -0.1) is 0 Å². The number of hydrogen-bond acceptors (Lipinski definition) is 2. The predicted octanol–water partition coefficient (Wildman–Crippen LogP) is 3.72. The van der Waals surface area contributed by atoms with Crippen LogP contribution in [-0.2, 0) is 11.2 Å². The second-order valence-electron chi connectivity index (χ2n) is 5.29. The van der Waals surface area contributed by atoms with Gasteiger partial charge in [0.15, 0.2) is 0 Å². The van der Waals surface area contributed by atoms with Crippen molar-refractivity contribution in [2.45, 2.75) is 26.2 Å². The summed E-state index contributed by atoms with van der Waals surface area (Å²) in [6.45, 7) is 4.03. The number of benzene rings is 2. The lowest BCUT2D eigenvalue weighted by atomic mass is 9.90. The molecule has 0 bridgehead atoms. The molecular formula is C18H20O3. The molecule has 2 aromatic rings. The molecule has 0 amide bonds. The molecule has 1 atom stereocenters. The Morgan fingerprint density at radius 1 is 1.10 bits per heavy atom. The first-order valence-corrected chi connectivity index (χ1v) is 6.94. The van der Waals surface area contributed by atoms with E-state index in [0.29, 0.717) is 6.42 Å². The van der Waals surface area contributed by atoms with Crippen LogP contribution in [0.25, 0.3) is 0 Å². The van der Waals surface area contributed by atoms with E-state index in [2.05, 4.69) is 0 Å². The fraction of sp³-hybridized carbons (Fsp3) is 0.278. The van der Waals surface area contributed by atoms with Gasteiger partial charge in [0.25, 0.3) is 0 Å². The maximum absolute atomic E-state index is 11.6. The molecule has 1 N–H and O–H groups in total. The molecule has 0 saturated heterocycles. The quantitative estimate of drug-likeness (QED) is 0.910. The number of aliphatic carboxylic acids is 1. The minimum atomic E-state index is -0.797. The Kier molecular flexibility index (Phi) is 4.63. The summed E-state index contributed by atoms with van der Waals surface area (Å²) in [4.78, 5) is 11.6. The molecule has 1 unspecified atom stereocenters. The molecule has 0 fully saturated rings. The fourth-order valence-corrected chi connectivity index (χ4v) is 2.33. The fourth-order valence-electron chi connectivity index (χ4n) is 2.33. The maximum Gasteiger partial charge on any atom is 0.311 e. The van der Waals surface area contributed by atoms with E-state index in [-0.39, 0.29) is 0 Å². The SMILES string of the molecule is COc1ccc(CC(C(=O)O)c2ccc(C)c(C)c2)cc1. The summed E-state index contributed by atoms with van der Waals surface area (Å²) >= 11 is 0. The van der Waals surface area contributed by atoms with Crippen molar-refractivity contribution in [1.29, 1.82) is 0 Å². The highest BCUT2D eigenvalue weighted by atomic mass is 16.5. The topological polar surface area (TPSA) is 46.5 Å². The minimum Gasteiger partial charge on any atom is -0.497 e. The minimum absolute atomic E-state index is 0.474. The summed E-state index contributed by atoms with van der Waals surface area (Å²) in [5, 5.41) is 9.52. The van der Waals surface area contributed by atoms with E-state index < -0.39 is 11.9 Å². The number of aryl methyl sites for hydroxylation is 2. The molecule has 21 heavy (non-hydrogen) atoms. The molecule has 2 rings (SSSR count). The molecule has 2 aromatic carbocycles.